The molecule has 0 aliphatic heterocycles. The number of nitrogens with zero attached hydrogens (tertiary/aromatic N) is 1. The molecule has 1 heterocycles. The van der Waals surface area contributed by atoms with E-state index in [2.05, 4.69) is 10.4 Å². The summed E-state index contributed by atoms with van der Waals surface area (Å²) in [6.07, 6.45) is 4.94. The van der Waals surface area contributed by atoms with Gasteiger partial charge in [0.2, 0.25) is 0 Å². The van der Waals surface area contributed by atoms with E-state index in [1.54, 1.807) is 19.5 Å². The van der Waals surface area contributed by atoms with Gasteiger partial charge in [0, 0.05) is 32.2 Å². The summed E-state index contributed by atoms with van der Waals surface area (Å²) in [5.41, 5.74) is 3.81. The monoisotopic (exact) mass is 273 g/mol. The van der Waals surface area contributed by atoms with Gasteiger partial charge in [-0.3, -0.25) is 16.3 Å². The van der Waals surface area contributed by atoms with Gasteiger partial charge in [-0.15, -0.1) is 0 Å². The Morgan fingerprint density at radius 3 is 2.94 bits per heavy atom. The number of rotatable bonds is 9. The highest BCUT2D eigenvalue weighted by Gasteiger charge is 2.10. The SMILES string of the molecule is COCCOCCC(Cc1ccncc1Cl)NN. The minimum Gasteiger partial charge on any atom is -0.382 e. The fourth-order valence-electron chi connectivity index (χ4n) is 1.55. The number of hydrogen-bond donors (Lipinski definition) is 2. The average Bonchev–Trinajstić information content (AvgIpc) is 2.39. The molecule has 0 amide bonds. The Kier molecular flexibility index (Phi) is 7.88. The average molecular weight is 274 g/mol. The highest BCUT2D eigenvalue weighted by Crippen LogP contribution is 2.16. The number of hydrogen-bond acceptors (Lipinski definition) is 5. The number of methoxy groups -OCH3 is 1. The van der Waals surface area contributed by atoms with Crippen LogP contribution in [-0.2, 0) is 15.9 Å². The Bertz CT molecular complexity index is 339. The Morgan fingerprint density at radius 2 is 2.28 bits per heavy atom. The summed E-state index contributed by atoms with van der Waals surface area (Å²) in [6.45, 7) is 1.85. The first-order valence-electron chi connectivity index (χ1n) is 5.89. The molecule has 0 radical (unpaired) electrons. The predicted octanol–water partition coefficient (Wildman–Crippen LogP) is 1.16. The van der Waals surface area contributed by atoms with Crippen molar-refractivity contribution in [2.45, 2.75) is 18.9 Å². The predicted molar refractivity (Wildman–Crippen MR) is 71.4 cm³/mol. The lowest BCUT2D eigenvalue weighted by atomic mass is 10.1. The number of nitrogens with one attached hydrogen (secondary N) is 1. The van der Waals surface area contributed by atoms with Gasteiger partial charge >= 0.3 is 0 Å². The lowest BCUT2D eigenvalue weighted by Crippen LogP contribution is -2.37. The summed E-state index contributed by atoms with van der Waals surface area (Å²) in [6, 6.07) is 2.03. The Labute approximate surface area is 113 Å². The first-order chi connectivity index (χ1) is 8.77. The normalized spacial score (nSPS) is 12.6. The standard InChI is InChI=1S/C12H20ClN3O2/c1-17-6-7-18-5-3-11(16-14)8-10-2-4-15-9-12(10)13/h2,4,9,11,16H,3,5-8,14H2,1H3. The molecule has 0 saturated carbocycles. The lowest BCUT2D eigenvalue weighted by Gasteiger charge is -2.16. The van der Waals surface area contributed by atoms with Gasteiger partial charge in [0.15, 0.2) is 0 Å². The van der Waals surface area contributed by atoms with Gasteiger partial charge in [-0.2, -0.15) is 0 Å². The summed E-state index contributed by atoms with van der Waals surface area (Å²) in [5, 5.41) is 0.665. The maximum absolute atomic E-state index is 6.05. The van der Waals surface area contributed by atoms with Crippen LogP contribution in [0.15, 0.2) is 18.5 Å². The second kappa shape index (κ2) is 9.24. The van der Waals surface area contributed by atoms with E-state index >= 15 is 0 Å². The molecule has 0 aromatic carbocycles. The largest absolute Gasteiger partial charge is 0.382 e. The van der Waals surface area contributed by atoms with Crippen LogP contribution < -0.4 is 11.3 Å². The van der Waals surface area contributed by atoms with E-state index in [1.165, 1.54) is 0 Å². The van der Waals surface area contributed by atoms with Crippen molar-refractivity contribution >= 4 is 11.6 Å². The molecule has 6 heteroatoms. The summed E-state index contributed by atoms with van der Waals surface area (Å²) in [4.78, 5) is 3.95. The molecule has 0 bridgehead atoms. The third-order valence-electron chi connectivity index (χ3n) is 2.60. The van der Waals surface area contributed by atoms with Gasteiger partial charge in [0.05, 0.1) is 18.2 Å². The van der Waals surface area contributed by atoms with Crippen molar-refractivity contribution in [2.24, 2.45) is 5.84 Å². The zero-order valence-electron chi connectivity index (χ0n) is 10.6. The smallest absolute Gasteiger partial charge is 0.0700 e. The molecule has 5 nitrogen and oxygen atoms in total. The summed E-state index contributed by atoms with van der Waals surface area (Å²) in [7, 11) is 1.65. The summed E-state index contributed by atoms with van der Waals surface area (Å²) >= 11 is 6.05. The fourth-order valence-corrected chi connectivity index (χ4v) is 1.75. The van der Waals surface area contributed by atoms with Crippen molar-refractivity contribution in [3.8, 4) is 0 Å². The molecule has 1 aromatic heterocycles. The van der Waals surface area contributed by atoms with Crippen LogP contribution in [0.3, 0.4) is 0 Å². The van der Waals surface area contributed by atoms with Crippen LogP contribution >= 0.6 is 11.6 Å². The van der Waals surface area contributed by atoms with Crippen molar-refractivity contribution in [3.05, 3.63) is 29.0 Å². The molecule has 1 atom stereocenters. The lowest BCUT2D eigenvalue weighted by molar-refractivity contribution is 0.0658. The van der Waals surface area contributed by atoms with Gasteiger partial charge in [0.1, 0.15) is 0 Å². The maximum atomic E-state index is 6.05. The molecule has 0 aliphatic carbocycles. The zero-order chi connectivity index (χ0) is 13.2. The van der Waals surface area contributed by atoms with Gasteiger partial charge in [-0.05, 0) is 24.5 Å². The van der Waals surface area contributed by atoms with Crippen molar-refractivity contribution in [2.75, 3.05) is 26.9 Å². The van der Waals surface area contributed by atoms with Gasteiger partial charge in [-0.1, -0.05) is 11.6 Å². The molecule has 0 fully saturated rings. The second-order valence-corrected chi connectivity index (χ2v) is 4.34. The molecule has 1 unspecified atom stereocenters. The first kappa shape index (κ1) is 15.3. The third-order valence-corrected chi connectivity index (χ3v) is 2.94. The second-order valence-electron chi connectivity index (χ2n) is 3.93. The van der Waals surface area contributed by atoms with Crippen LogP contribution in [0.4, 0.5) is 0 Å². The van der Waals surface area contributed by atoms with E-state index in [0.717, 1.165) is 18.4 Å². The van der Waals surface area contributed by atoms with E-state index in [-0.39, 0.29) is 6.04 Å². The zero-order valence-corrected chi connectivity index (χ0v) is 11.3. The van der Waals surface area contributed by atoms with E-state index in [9.17, 15) is 0 Å². The molecule has 102 valence electrons. The van der Waals surface area contributed by atoms with Crippen LogP contribution in [0.1, 0.15) is 12.0 Å². The van der Waals surface area contributed by atoms with Crippen molar-refractivity contribution in [1.29, 1.82) is 0 Å². The number of aromatic nitrogens is 1. The topological polar surface area (TPSA) is 69.4 Å². The third kappa shape index (κ3) is 5.75. The number of hydrazine groups is 1. The highest BCUT2D eigenvalue weighted by molar-refractivity contribution is 6.31. The number of halogens is 1. The Hall–Kier alpha value is -0.720. The molecular weight excluding hydrogens is 254 g/mol. The van der Waals surface area contributed by atoms with E-state index in [0.29, 0.717) is 24.8 Å². The molecule has 0 saturated heterocycles. The Balaban J connectivity index is 2.31. The molecule has 0 spiro atoms. The van der Waals surface area contributed by atoms with Crippen molar-refractivity contribution in [1.82, 2.24) is 10.4 Å². The first-order valence-corrected chi connectivity index (χ1v) is 6.27. The minimum atomic E-state index is 0.132. The van der Waals surface area contributed by atoms with Crippen molar-refractivity contribution in [3.63, 3.8) is 0 Å². The van der Waals surface area contributed by atoms with E-state index < -0.39 is 0 Å². The van der Waals surface area contributed by atoms with Crippen LogP contribution in [0.2, 0.25) is 5.02 Å². The van der Waals surface area contributed by atoms with Crippen molar-refractivity contribution < 1.29 is 9.47 Å². The van der Waals surface area contributed by atoms with Gasteiger partial charge < -0.3 is 9.47 Å². The van der Waals surface area contributed by atoms with Crippen LogP contribution in [-0.4, -0.2) is 38.0 Å². The van der Waals surface area contributed by atoms with Crippen LogP contribution in [0.25, 0.3) is 0 Å². The number of pyridine rings is 1. The van der Waals surface area contributed by atoms with Crippen LogP contribution in [0.5, 0.6) is 0 Å². The van der Waals surface area contributed by atoms with Crippen LogP contribution in [0, 0.1) is 0 Å². The highest BCUT2D eigenvalue weighted by atomic mass is 35.5. The Morgan fingerprint density at radius 1 is 1.44 bits per heavy atom. The molecule has 1 aromatic rings. The quantitative estimate of drug-likeness (QED) is 0.401. The van der Waals surface area contributed by atoms with E-state index in [4.69, 9.17) is 26.9 Å². The number of nitrogens with two attached hydrogens (primary N) is 1. The van der Waals surface area contributed by atoms with Gasteiger partial charge in [-0.25, -0.2) is 0 Å². The van der Waals surface area contributed by atoms with Gasteiger partial charge in [0.25, 0.3) is 0 Å². The molecule has 18 heavy (non-hydrogen) atoms. The molecule has 0 aliphatic rings. The van der Waals surface area contributed by atoms with E-state index in [1.807, 2.05) is 6.07 Å². The molecular formula is C12H20ClN3O2. The molecule has 3 N–H and O–H groups in total. The maximum Gasteiger partial charge on any atom is 0.0700 e. The fraction of sp³-hybridized carbons (Fsp3) is 0.583. The summed E-state index contributed by atoms with van der Waals surface area (Å²) < 4.78 is 10.3. The summed E-state index contributed by atoms with van der Waals surface area (Å²) in [5.74, 6) is 5.52. The minimum absolute atomic E-state index is 0.132. The number of ether oxygens (including phenoxy) is 2. The molecule has 1 rings (SSSR count).